The van der Waals surface area contributed by atoms with Gasteiger partial charge in [0.25, 0.3) is 0 Å². The highest BCUT2D eigenvalue weighted by Gasteiger charge is 2.54. The Balaban J connectivity index is 1.42. The monoisotopic (exact) mass is 770 g/mol. The maximum atomic E-state index is 13.3. The zero-order valence-corrected chi connectivity index (χ0v) is 29.2. The van der Waals surface area contributed by atoms with E-state index in [0.29, 0.717) is 11.1 Å². The molecule has 10 N–H and O–H groups in total. The summed E-state index contributed by atoms with van der Waals surface area (Å²) in [6.45, 7) is -0.662. The van der Waals surface area contributed by atoms with Gasteiger partial charge in [0.15, 0.2) is 48.0 Å². The molecule has 5 rings (SSSR count). The molecule has 3 aliphatic heterocycles. The van der Waals surface area contributed by atoms with E-state index in [0.717, 1.165) is 6.08 Å². The van der Waals surface area contributed by atoms with Gasteiger partial charge < -0.3 is 89.0 Å². The first-order valence-corrected chi connectivity index (χ1v) is 17.0. The maximum Gasteiger partial charge on any atom is 0.331 e. The van der Waals surface area contributed by atoms with E-state index in [4.69, 9.17) is 37.9 Å². The molecule has 0 aliphatic carbocycles. The van der Waals surface area contributed by atoms with Crippen LogP contribution in [0.15, 0.2) is 42.5 Å². The van der Waals surface area contributed by atoms with Crippen LogP contribution < -0.4 is 4.74 Å². The van der Waals surface area contributed by atoms with Gasteiger partial charge in [-0.25, -0.2) is 4.79 Å². The van der Waals surface area contributed by atoms with E-state index in [1.165, 1.54) is 56.5 Å². The molecular weight excluding hydrogens is 724 g/mol. The average Bonchev–Trinajstić information content (AvgIpc) is 3.44. The van der Waals surface area contributed by atoms with Crippen LogP contribution in [0, 0.1) is 0 Å². The van der Waals surface area contributed by atoms with Crippen molar-refractivity contribution < 1.29 is 93.8 Å². The number of aliphatic hydroxyl groups excluding tert-OH is 6. The molecule has 3 aliphatic rings. The van der Waals surface area contributed by atoms with E-state index in [-0.39, 0.29) is 36.0 Å². The van der Waals surface area contributed by atoms with E-state index in [9.17, 15) is 55.9 Å². The molecule has 19 heteroatoms. The Kier molecular flexibility index (Phi) is 13.7. The number of aliphatic hydroxyl groups is 7. The van der Waals surface area contributed by atoms with Gasteiger partial charge >= 0.3 is 5.97 Å². The summed E-state index contributed by atoms with van der Waals surface area (Å²) in [4.78, 5) is 13.3. The third-order valence-electron chi connectivity index (χ3n) is 9.30. The minimum Gasteiger partial charge on any atom is -0.504 e. The molecule has 0 saturated carbocycles. The Bertz CT molecular complexity index is 1590. The summed E-state index contributed by atoms with van der Waals surface area (Å²) in [6, 6.07) is 8.39. The Morgan fingerprint density at radius 2 is 1.61 bits per heavy atom. The topological polar surface area (TPSA) is 293 Å². The smallest absolute Gasteiger partial charge is 0.331 e. The van der Waals surface area contributed by atoms with Crippen LogP contribution in [-0.4, -0.2) is 170 Å². The molecule has 300 valence electrons. The average molecular weight is 771 g/mol. The van der Waals surface area contributed by atoms with E-state index >= 15 is 0 Å². The van der Waals surface area contributed by atoms with Gasteiger partial charge in [-0.3, -0.25) is 0 Å². The van der Waals surface area contributed by atoms with Gasteiger partial charge in [-0.15, -0.1) is 0 Å². The molecule has 3 saturated heterocycles. The first kappa shape index (κ1) is 41.5. The number of benzene rings is 2. The highest BCUT2D eigenvalue weighted by atomic mass is 16.8. The quantitative estimate of drug-likeness (QED) is 0.0552. The number of methoxy groups -OCH3 is 1. The van der Waals surface area contributed by atoms with Crippen LogP contribution in [0.1, 0.15) is 18.1 Å². The lowest BCUT2D eigenvalue weighted by molar-refractivity contribution is -0.360. The molecule has 3 fully saturated rings. The predicted molar refractivity (Wildman–Crippen MR) is 179 cm³/mol. The van der Waals surface area contributed by atoms with Crippen LogP contribution >= 0.6 is 0 Å². The highest BCUT2D eigenvalue weighted by Crippen LogP contribution is 2.34. The van der Waals surface area contributed by atoms with Gasteiger partial charge in [0.1, 0.15) is 48.3 Å². The van der Waals surface area contributed by atoms with Gasteiger partial charge in [-0.1, -0.05) is 12.1 Å². The van der Waals surface area contributed by atoms with Crippen molar-refractivity contribution in [3.05, 3.63) is 53.6 Å². The van der Waals surface area contributed by atoms with Gasteiger partial charge in [0.2, 0.25) is 0 Å². The zero-order chi connectivity index (χ0) is 39.3. The minimum absolute atomic E-state index is 0.130. The number of esters is 1. The number of aromatic hydroxyl groups is 3. The summed E-state index contributed by atoms with van der Waals surface area (Å²) in [5.74, 6) is -1.72. The number of phenols is 3. The van der Waals surface area contributed by atoms with Crippen LogP contribution in [0.5, 0.6) is 23.0 Å². The predicted octanol–water partition coefficient (Wildman–Crippen LogP) is -2.25. The number of hydrogen-bond acceptors (Lipinski definition) is 19. The SMILES string of the molecule is COc1cc(C=CC(=O)O[C@H]2[C@H](O[C@H]3O[C@@H](C)[C@H](O)[C@@H](O)[C@H]3O)[C@@H](O)[C@H](OCCc3ccc(O)c(O)c3)O[C@@H]2CO[C@@H]2OC[C@](O)(CO)[C@H]2O)ccc1O. The summed E-state index contributed by atoms with van der Waals surface area (Å²) in [7, 11) is 1.34. The van der Waals surface area contributed by atoms with Crippen molar-refractivity contribution in [1.82, 2.24) is 0 Å². The fourth-order valence-corrected chi connectivity index (χ4v) is 6.02. The van der Waals surface area contributed by atoms with Crippen LogP contribution in [-0.2, 0) is 44.4 Å². The van der Waals surface area contributed by atoms with E-state index in [1.807, 2.05) is 0 Å². The molecule has 0 bridgehead atoms. The van der Waals surface area contributed by atoms with Gasteiger partial charge in [0, 0.05) is 6.08 Å². The van der Waals surface area contributed by atoms with Gasteiger partial charge in [-0.2, -0.15) is 0 Å². The normalized spacial score (nSPS) is 35.6. The maximum absolute atomic E-state index is 13.3. The zero-order valence-electron chi connectivity index (χ0n) is 29.2. The number of ether oxygens (including phenoxy) is 8. The molecule has 0 unspecified atom stereocenters. The summed E-state index contributed by atoms with van der Waals surface area (Å²) in [5, 5.41) is 103. The summed E-state index contributed by atoms with van der Waals surface area (Å²) in [5.41, 5.74) is -1.08. The second-order valence-electron chi connectivity index (χ2n) is 13.1. The minimum atomic E-state index is -2.04. The van der Waals surface area contributed by atoms with E-state index in [2.05, 4.69) is 0 Å². The highest BCUT2D eigenvalue weighted by molar-refractivity contribution is 5.87. The molecule has 0 spiro atoms. The number of hydrogen-bond donors (Lipinski definition) is 10. The lowest BCUT2D eigenvalue weighted by Gasteiger charge is -2.46. The summed E-state index contributed by atoms with van der Waals surface area (Å²) in [6.07, 6.45) is -16.6. The Morgan fingerprint density at radius 3 is 2.30 bits per heavy atom. The second kappa shape index (κ2) is 17.9. The van der Waals surface area contributed by atoms with Gasteiger partial charge in [-0.05, 0) is 54.8 Å². The van der Waals surface area contributed by atoms with Crippen molar-refractivity contribution in [3.63, 3.8) is 0 Å². The van der Waals surface area contributed by atoms with Crippen LogP contribution in [0.2, 0.25) is 0 Å². The van der Waals surface area contributed by atoms with Crippen LogP contribution in [0.3, 0.4) is 0 Å². The van der Waals surface area contributed by atoms with Crippen molar-refractivity contribution in [1.29, 1.82) is 0 Å². The number of carbonyl (C=O) groups is 1. The van der Waals surface area contributed by atoms with Crippen molar-refractivity contribution in [2.75, 3.05) is 33.5 Å². The van der Waals surface area contributed by atoms with Crippen molar-refractivity contribution >= 4 is 12.0 Å². The van der Waals surface area contributed by atoms with Gasteiger partial charge in [0.05, 0.1) is 39.6 Å². The van der Waals surface area contributed by atoms with Crippen LogP contribution in [0.25, 0.3) is 6.08 Å². The third kappa shape index (κ3) is 9.40. The molecule has 2 aromatic rings. The molecule has 19 nitrogen and oxygen atoms in total. The van der Waals surface area contributed by atoms with E-state index in [1.54, 1.807) is 0 Å². The largest absolute Gasteiger partial charge is 0.504 e. The number of phenolic OH excluding ortho intramolecular Hbond substituents is 3. The number of rotatable bonds is 14. The van der Waals surface area contributed by atoms with Crippen LogP contribution in [0.4, 0.5) is 0 Å². The number of carbonyl (C=O) groups excluding carboxylic acids is 1. The standard InChI is InChI=1S/C35H46O19/c1-16-25(41)26(42)27(43)33(51-16)54-30-28(44)32(48-10-9-18-3-6-19(37)21(39)11-18)52-23(13-49-34-31(45)35(46,14-36)15-50-34)29(30)53-24(40)8-5-17-4-7-20(38)22(12-17)47-2/h3-8,11-12,16,23,25-34,36-39,41-46H,9-10,13-15H2,1-2H3/t16-,23+,25-,26+,27+,28+,29+,30+,31-,32+,33+,34+,35+/m0/s1. The lowest BCUT2D eigenvalue weighted by Crippen LogP contribution is -2.65. The Labute approximate surface area is 308 Å². The van der Waals surface area contributed by atoms with Crippen molar-refractivity contribution in [3.8, 4) is 23.0 Å². The molecule has 3 heterocycles. The molecular formula is C35H46O19. The Hall–Kier alpha value is -3.67. The second-order valence-corrected chi connectivity index (χ2v) is 13.1. The lowest BCUT2D eigenvalue weighted by atomic mass is 9.96. The molecule has 2 aromatic carbocycles. The molecule has 0 radical (unpaired) electrons. The molecule has 13 atom stereocenters. The van der Waals surface area contributed by atoms with E-state index < -0.39 is 105 Å². The third-order valence-corrected chi connectivity index (χ3v) is 9.30. The fraction of sp³-hybridized carbons (Fsp3) is 0.571. The van der Waals surface area contributed by atoms with Crippen molar-refractivity contribution in [2.45, 2.75) is 92.8 Å². The molecule has 0 aromatic heterocycles. The summed E-state index contributed by atoms with van der Waals surface area (Å²) >= 11 is 0. The molecule has 54 heavy (non-hydrogen) atoms. The molecule has 0 amide bonds. The first-order valence-electron chi connectivity index (χ1n) is 17.0. The first-order chi connectivity index (χ1) is 25.6. The fourth-order valence-electron chi connectivity index (χ4n) is 6.02. The van der Waals surface area contributed by atoms with Crippen molar-refractivity contribution in [2.24, 2.45) is 0 Å². The Morgan fingerprint density at radius 1 is 0.870 bits per heavy atom. The summed E-state index contributed by atoms with van der Waals surface area (Å²) < 4.78 is 45.4.